The van der Waals surface area contributed by atoms with E-state index in [1.807, 2.05) is 13.8 Å². The average molecular weight is 306 g/mol. The minimum atomic E-state index is -5.51. The molecule has 3 nitrogen and oxygen atoms in total. The number of hydrogen-bond donors (Lipinski definition) is 2. The van der Waals surface area contributed by atoms with E-state index in [0.717, 1.165) is 21.7 Å². The normalized spacial score (nSPS) is 13.4. The van der Waals surface area contributed by atoms with E-state index in [9.17, 15) is 13.3 Å². The fourth-order valence-corrected chi connectivity index (χ4v) is 3.23. The van der Waals surface area contributed by atoms with Crippen molar-refractivity contribution in [2.45, 2.75) is 25.4 Å². The lowest BCUT2D eigenvalue weighted by Crippen LogP contribution is -2.13. The van der Waals surface area contributed by atoms with Gasteiger partial charge in [0.1, 0.15) is 0 Å². The second-order valence-corrected chi connectivity index (χ2v) is 7.41. The summed E-state index contributed by atoms with van der Waals surface area (Å²) in [5.41, 5.74) is -4.80. The Bertz CT molecular complexity index is 660. The summed E-state index contributed by atoms with van der Waals surface area (Å²) in [7, 11) is -5.51. The molecule has 0 amide bonds. The molecule has 0 saturated carbocycles. The number of fused-ring (bicyclic) bond motifs is 1. The smallest absolute Gasteiger partial charge is 0.320 e. The molecule has 1 aromatic heterocycles. The molecule has 19 heavy (non-hydrogen) atoms. The molecule has 0 spiro atoms. The van der Waals surface area contributed by atoms with E-state index in [2.05, 4.69) is 0 Å². The fourth-order valence-electron chi connectivity index (χ4n) is 1.70. The van der Waals surface area contributed by atoms with Gasteiger partial charge in [0.2, 0.25) is 0 Å². The third-order valence-corrected chi connectivity index (χ3v) is 5.22. The first kappa shape index (κ1) is 14.6. The molecule has 2 aromatic rings. The van der Waals surface area contributed by atoms with Crippen molar-refractivity contribution in [1.29, 1.82) is 0 Å². The van der Waals surface area contributed by atoms with Gasteiger partial charge in [-0.3, -0.25) is 4.57 Å². The number of thiophene rings is 1. The Balaban J connectivity index is 2.56. The van der Waals surface area contributed by atoms with E-state index < -0.39 is 18.8 Å². The van der Waals surface area contributed by atoms with Crippen LogP contribution in [0.1, 0.15) is 30.2 Å². The lowest BCUT2D eigenvalue weighted by atomic mass is 10.1. The Labute approximate surface area is 113 Å². The molecule has 0 radical (unpaired) electrons. The molecular formula is C12H13F2O3PS. The van der Waals surface area contributed by atoms with Crippen LogP contribution in [-0.2, 0) is 10.2 Å². The molecule has 104 valence electrons. The largest absolute Gasteiger partial charge is 0.399 e. The standard InChI is InChI=1S/C12H13F2O3PS/c1-7(2)11-6-8-5-9(3-4-10(8)19-11)12(13,14)18(15,16)17/h3-7H,1-2H3,(H2,15,16,17). The summed E-state index contributed by atoms with van der Waals surface area (Å²) < 4.78 is 38.9. The van der Waals surface area contributed by atoms with Crippen LogP contribution in [0.5, 0.6) is 0 Å². The molecular weight excluding hydrogens is 293 g/mol. The van der Waals surface area contributed by atoms with Crippen molar-refractivity contribution in [3.8, 4) is 0 Å². The molecule has 0 aliphatic rings. The van der Waals surface area contributed by atoms with Gasteiger partial charge in [-0.15, -0.1) is 11.3 Å². The van der Waals surface area contributed by atoms with Gasteiger partial charge in [-0.05, 0) is 29.5 Å². The van der Waals surface area contributed by atoms with Crippen LogP contribution in [0.4, 0.5) is 8.78 Å². The lowest BCUT2D eigenvalue weighted by molar-refractivity contribution is 0.0566. The third kappa shape index (κ3) is 2.58. The van der Waals surface area contributed by atoms with Crippen LogP contribution in [0.3, 0.4) is 0 Å². The van der Waals surface area contributed by atoms with Crippen molar-refractivity contribution >= 4 is 29.0 Å². The minimum Gasteiger partial charge on any atom is -0.320 e. The summed E-state index contributed by atoms with van der Waals surface area (Å²) in [6.07, 6.45) is 0. The third-order valence-electron chi connectivity index (χ3n) is 2.82. The van der Waals surface area contributed by atoms with E-state index in [1.165, 1.54) is 17.4 Å². The minimum absolute atomic E-state index is 0.281. The van der Waals surface area contributed by atoms with Crippen molar-refractivity contribution in [3.05, 3.63) is 34.7 Å². The summed E-state index contributed by atoms with van der Waals surface area (Å²) in [6.45, 7) is 3.99. The van der Waals surface area contributed by atoms with E-state index in [-0.39, 0.29) is 5.92 Å². The van der Waals surface area contributed by atoms with Crippen LogP contribution in [-0.4, -0.2) is 9.79 Å². The maximum atomic E-state index is 13.6. The van der Waals surface area contributed by atoms with Crippen LogP contribution in [0, 0.1) is 0 Å². The number of hydrogen-bond acceptors (Lipinski definition) is 2. The summed E-state index contributed by atoms with van der Waals surface area (Å²) in [5, 5.41) is 0.583. The molecule has 0 aliphatic heterocycles. The second-order valence-electron chi connectivity index (χ2n) is 4.64. The topological polar surface area (TPSA) is 57.5 Å². The highest BCUT2D eigenvalue weighted by Gasteiger charge is 2.50. The number of benzene rings is 1. The molecule has 7 heteroatoms. The second kappa shape index (κ2) is 4.63. The summed E-state index contributed by atoms with van der Waals surface area (Å²) >= 11 is 1.49. The van der Waals surface area contributed by atoms with E-state index in [4.69, 9.17) is 9.79 Å². The van der Waals surface area contributed by atoms with E-state index in [0.29, 0.717) is 5.39 Å². The first-order valence-electron chi connectivity index (χ1n) is 5.60. The monoisotopic (exact) mass is 306 g/mol. The zero-order valence-electron chi connectivity index (χ0n) is 10.3. The van der Waals surface area contributed by atoms with Crippen molar-refractivity contribution in [1.82, 2.24) is 0 Å². The maximum absolute atomic E-state index is 13.6. The van der Waals surface area contributed by atoms with Gasteiger partial charge in [0.05, 0.1) is 0 Å². The van der Waals surface area contributed by atoms with Crippen LogP contribution < -0.4 is 0 Å². The van der Waals surface area contributed by atoms with Crippen LogP contribution in [0.15, 0.2) is 24.3 Å². The van der Waals surface area contributed by atoms with Crippen molar-refractivity contribution in [2.75, 3.05) is 0 Å². The van der Waals surface area contributed by atoms with Gasteiger partial charge in [-0.1, -0.05) is 19.9 Å². The van der Waals surface area contributed by atoms with Crippen LogP contribution in [0.25, 0.3) is 10.1 Å². The first-order chi connectivity index (χ1) is 8.63. The summed E-state index contributed by atoms with van der Waals surface area (Å²) in [6, 6.07) is 5.48. The molecule has 1 heterocycles. The zero-order chi connectivity index (χ0) is 14.4. The van der Waals surface area contributed by atoms with Gasteiger partial charge in [0, 0.05) is 15.1 Å². The van der Waals surface area contributed by atoms with Crippen molar-refractivity contribution in [3.63, 3.8) is 0 Å². The molecule has 0 saturated heterocycles. The molecule has 0 fully saturated rings. The van der Waals surface area contributed by atoms with Crippen LogP contribution >= 0.6 is 18.9 Å². The van der Waals surface area contributed by atoms with Gasteiger partial charge in [-0.25, -0.2) is 0 Å². The zero-order valence-corrected chi connectivity index (χ0v) is 12.0. The molecule has 0 aliphatic carbocycles. The highest BCUT2D eigenvalue weighted by Crippen LogP contribution is 2.59. The molecule has 0 atom stereocenters. The van der Waals surface area contributed by atoms with E-state index >= 15 is 0 Å². The van der Waals surface area contributed by atoms with Crippen molar-refractivity contribution in [2.24, 2.45) is 0 Å². The Kier molecular flexibility index (Phi) is 3.56. The van der Waals surface area contributed by atoms with Gasteiger partial charge in [0.25, 0.3) is 0 Å². The Morgan fingerprint density at radius 1 is 1.26 bits per heavy atom. The highest BCUT2D eigenvalue weighted by atomic mass is 32.1. The van der Waals surface area contributed by atoms with Crippen LogP contribution in [0.2, 0.25) is 0 Å². The van der Waals surface area contributed by atoms with E-state index in [1.54, 1.807) is 6.07 Å². The lowest BCUT2D eigenvalue weighted by Gasteiger charge is -2.17. The Morgan fingerprint density at radius 2 is 1.89 bits per heavy atom. The molecule has 2 N–H and O–H groups in total. The summed E-state index contributed by atoms with van der Waals surface area (Å²) in [4.78, 5) is 18.5. The first-order valence-corrected chi connectivity index (χ1v) is 8.03. The quantitative estimate of drug-likeness (QED) is 0.833. The summed E-state index contributed by atoms with van der Waals surface area (Å²) in [5.74, 6) is 0.281. The average Bonchev–Trinajstić information content (AvgIpc) is 2.69. The SMILES string of the molecule is CC(C)c1cc2cc(C(F)(F)P(=O)(O)O)ccc2s1. The van der Waals surface area contributed by atoms with Gasteiger partial charge >= 0.3 is 13.3 Å². The molecule has 2 rings (SSSR count). The molecule has 0 unspecified atom stereocenters. The predicted octanol–water partition coefficient (Wildman–Crippen LogP) is 4.25. The number of alkyl halides is 2. The number of halogens is 2. The fraction of sp³-hybridized carbons (Fsp3) is 0.333. The maximum Gasteiger partial charge on any atom is 0.399 e. The predicted molar refractivity (Wildman–Crippen MR) is 71.9 cm³/mol. The van der Waals surface area contributed by atoms with Gasteiger partial charge in [0.15, 0.2) is 0 Å². The molecule has 0 bridgehead atoms. The molecule has 1 aromatic carbocycles. The Hall–Kier alpha value is -0.810. The van der Waals surface area contributed by atoms with Crippen molar-refractivity contribution < 1.29 is 23.1 Å². The van der Waals surface area contributed by atoms with Gasteiger partial charge < -0.3 is 9.79 Å². The number of rotatable bonds is 3. The highest BCUT2D eigenvalue weighted by molar-refractivity contribution is 7.52. The van der Waals surface area contributed by atoms with Gasteiger partial charge in [-0.2, -0.15) is 8.78 Å². The Morgan fingerprint density at radius 3 is 2.42 bits per heavy atom.